The van der Waals surface area contributed by atoms with E-state index in [-0.39, 0.29) is 0 Å². The third kappa shape index (κ3) is 3.37. The van der Waals surface area contributed by atoms with E-state index in [9.17, 15) is 0 Å². The highest BCUT2D eigenvalue weighted by atomic mass is 79.9. The van der Waals surface area contributed by atoms with Crippen LogP contribution < -0.4 is 0 Å². The number of thioether (sulfide) groups is 1. The van der Waals surface area contributed by atoms with Crippen molar-refractivity contribution in [2.45, 2.75) is 62.1 Å². The van der Waals surface area contributed by atoms with Crippen molar-refractivity contribution in [1.82, 2.24) is 0 Å². The first-order valence-electron chi connectivity index (χ1n) is 8.33. The standard InChI is InChI=1S/C19H27BrS/c1-13-8-9-16(17(20)10-13)19(2,3)11-14-12-21-18-7-5-4-6-15(14)18/h4-7,13-14,16-17H,8-12H2,1-3H3. The molecule has 0 radical (unpaired) electrons. The minimum absolute atomic E-state index is 0.428. The number of hydrogen-bond donors (Lipinski definition) is 0. The highest BCUT2D eigenvalue weighted by Crippen LogP contribution is 2.51. The lowest BCUT2D eigenvalue weighted by atomic mass is 9.65. The van der Waals surface area contributed by atoms with Crippen LogP contribution in [-0.4, -0.2) is 10.6 Å². The molecule has 3 rings (SSSR count). The van der Waals surface area contributed by atoms with Crippen molar-refractivity contribution in [1.29, 1.82) is 0 Å². The Balaban J connectivity index is 1.72. The minimum Gasteiger partial charge on any atom is -0.125 e. The molecule has 0 aromatic heterocycles. The Morgan fingerprint density at radius 1 is 1.24 bits per heavy atom. The van der Waals surface area contributed by atoms with E-state index in [0.717, 1.165) is 17.8 Å². The SMILES string of the molecule is CC1CCC(C(C)(C)CC2CSc3ccccc32)C(Br)C1. The van der Waals surface area contributed by atoms with E-state index in [1.807, 2.05) is 0 Å². The van der Waals surface area contributed by atoms with Gasteiger partial charge >= 0.3 is 0 Å². The lowest BCUT2D eigenvalue weighted by Crippen LogP contribution is -2.36. The molecule has 4 atom stereocenters. The molecule has 21 heavy (non-hydrogen) atoms. The largest absolute Gasteiger partial charge is 0.125 e. The molecule has 1 fully saturated rings. The molecule has 1 saturated carbocycles. The fourth-order valence-corrected chi connectivity index (χ4v) is 7.25. The van der Waals surface area contributed by atoms with Gasteiger partial charge in [-0.05, 0) is 54.1 Å². The number of halogens is 1. The van der Waals surface area contributed by atoms with E-state index >= 15 is 0 Å². The molecular weight excluding hydrogens is 340 g/mol. The van der Waals surface area contributed by atoms with Gasteiger partial charge in [0.2, 0.25) is 0 Å². The molecule has 1 aromatic rings. The van der Waals surface area contributed by atoms with Crippen LogP contribution in [-0.2, 0) is 0 Å². The van der Waals surface area contributed by atoms with E-state index < -0.39 is 0 Å². The highest BCUT2D eigenvalue weighted by molar-refractivity contribution is 9.09. The molecule has 0 bridgehead atoms. The molecule has 116 valence electrons. The van der Waals surface area contributed by atoms with Crippen molar-refractivity contribution in [2.24, 2.45) is 17.3 Å². The lowest BCUT2D eigenvalue weighted by molar-refractivity contribution is 0.130. The van der Waals surface area contributed by atoms with Crippen LogP contribution in [0.25, 0.3) is 0 Å². The third-order valence-electron chi connectivity index (χ3n) is 5.61. The van der Waals surface area contributed by atoms with Gasteiger partial charge in [0.15, 0.2) is 0 Å². The van der Waals surface area contributed by atoms with Crippen molar-refractivity contribution >= 4 is 27.7 Å². The Hall–Kier alpha value is 0.0500. The number of fused-ring (bicyclic) bond motifs is 1. The van der Waals surface area contributed by atoms with Crippen molar-refractivity contribution in [3.05, 3.63) is 29.8 Å². The molecule has 0 saturated heterocycles. The second-order valence-corrected chi connectivity index (χ2v) is 10.0. The second-order valence-electron chi connectivity index (χ2n) is 7.78. The first-order chi connectivity index (χ1) is 9.97. The van der Waals surface area contributed by atoms with Crippen molar-refractivity contribution < 1.29 is 0 Å². The van der Waals surface area contributed by atoms with Gasteiger partial charge in [0.1, 0.15) is 0 Å². The van der Waals surface area contributed by atoms with E-state index in [4.69, 9.17) is 0 Å². The van der Waals surface area contributed by atoms with Gasteiger partial charge in [-0.3, -0.25) is 0 Å². The molecular formula is C19H27BrS. The maximum absolute atomic E-state index is 4.01. The molecule has 0 spiro atoms. The molecule has 1 aliphatic heterocycles. The zero-order chi connectivity index (χ0) is 15.0. The van der Waals surface area contributed by atoms with Crippen LogP contribution in [0, 0.1) is 17.3 Å². The lowest BCUT2D eigenvalue weighted by Gasteiger charge is -2.43. The maximum Gasteiger partial charge on any atom is 0.0181 e. The molecule has 1 aliphatic carbocycles. The predicted molar refractivity (Wildman–Crippen MR) is 97.5 cm³/mol. The summed E-state index contributed by atoms with van der Waals surface area (Å²) in [7, 11) is 0. The average molecular weight is 367 g/mol. The van der Waals surface area contributed by atoms with E-state index in [0.29, 0.717) is 10.2 Å². The first kappa shape index (κ1) is 15.9. The Labute approximate surface area is 142 Å². The van der Waals surface area contributed by atoms with Crippen molar-refractivity contribution in [2.75, 3.05) is 5.75 Å². The monoisotopic (exact) mass is 366 g/mol. The summed E-state index contributed by atoms with van der Waals surface area (Å²) in [6, 6.07) is 9.03. The number of rotatable bonds is 3. The van der Waals surface area contributed by atoms with E-state index in [1.54, 1.807) is 5.56 Å². The first-order valence-corrected chi connectivity index (χ1v) is 10.2. The zero-order valence-electron chi connectivity index (χ0n) is 13.4. The Morgan fingerprint density at radius 2 is 2.00 bits per heavy atom. The number of alkyl halides is 1. The topological polar surface area (TPSA) is 0 Å². The summed E-state index contributed by atoms with van der Waals surface area (Å²) < 4.78 is 0. The van der Waals surface area contributed by atoms with Gasteiger partial charge in [0.25, 0.3) is 0 Å². The molecule has 1 heterocycles. The van der Waals surface area contributed by atoms with Crippen LogP contribution in [0.3, 0.4) is 0 Å². The van der Waals surface area contributed by atoms with Gasteiger partial charge in [-0.2, -0.15) is 0 Å². The minimum atomic E-state index is 0.428. The summed E-state index contributed by atoms with van der Waals surface area (Å²) in [5, 5.41) is 0. The van der Waals surface area contributed by atoms with Crippen LogP contribution in [0.2, 0.25) is 0 Å². The van der Waals surface area contributed by atoms with Gasteiger partial charge in [0, 0.05) is 15.5 Å². The smallest absolute Gasteiger partial charge is 0.0181 e. The van der Waals surface area contributed by atoms with Gasteiger partial charge in [-0.1, -0.05) is 61.3 Å². The van der Waals surface area contributed by atoms with Gasteiger partial charge < -0.3 is 0 Å². The summed E-state index contributed by atoms with van der Waals surface area (Å²) in [5.41, 5.74) is 2.03. The fraction of sp³-hybridized carbons (Fsp3) is 0.684. The quantitative estimate of drug-likeness (QED) is 0.550. The van der Waals surface area contributed by atoms with Crippen LogP contribution in [0.1, 0.15) is 57.9 Å². The zero-order valence-corrected chi connectivity index (χ0v) is 15.8. The van der Waals surface area contributed by atoms with Crippen LogP contribution in [0.4, 0.5) is 0 Å². The van der Waals surface area contributed by atoms with E-state index in [2.05, 4.69) is 72.7 Å². The molecule has 2 aliphatic rings. The molecule has 4 unspecified atom stereocenters. The van der Waals surface area contributed by atoms with Gasteiger partial charge in [-0.15, -0.1) is 11.8 Å². The second kappa shape index (κ2) is 6.28. The number of benzene rings is 1. The van der Waals surface area contributed by atoms with Crippen molar-refractivity contribution in [3.63, 3.8) is 0 Å². The summed E-state index contributed by atoms with van der Waals surface area (Å²) >= 11 is 6.06. The highest BCUT2D eigenvalue weighted by Gasteiger charge is 2.40. The number of hydrogen-bond acceptors (Lipinski definition) is 1. The molecule has 0 N–H and O–H groups in total. The summed E-state index contributed by atoms with van der Waals surface area (Å²) in [5.74, 6) is 3.75. The third-order valence-corrected chi connectivity index (χ3v) is 7.87. The van der Waals surface area contributed by atoms with Gasteiger partial charge in [0.05, 0.1) is 0 Å². The molecule has 0 nitrogen and oxygen atoms in total. The Bertz CT molecular complexity index is 496. The molecule has 1 aromatic carbocycles. The maximum atomic E-state index is 4.01. The van der Waals surface area contributed by atoms with Crippen LogP contribution in [0.15, 0.2) is 29.2 Å². The predicted octanol–water partition coefficient (Wildman–Crippen LogP) is 6.49. The normalized spacial score (nSPS) is 33.0. The summed E-state index contributed by atoms with van der Waals surface area (Å²) in [4.78, 5) is 2.23. The Kier molecular flexibility index (Phi) is 4.76. The average Bonchev–Trinajstić information content (AvgIpc) is 2.81. The van der Waals surface area contributed by atoms with E-state index in [1.165, 1.54) is 36.3 Å². The van der Waals surface area contributed by atoms with Crippen molar-refractivity contribution in [3.8, 4) is 0 Å². The Morgan fingerprint density at radius 3 is 2.76 bits per heavy atom. The van der Waals surface area contributed by atoms with Gasteiger partial charge in [-0.25, -0.2) is 0 Å². The van der Waals surface area contributed by atoms with Crippen LogP contribution >= 0.6 is 27.7 Å². The summed E-state index contributed by atoms with van der Waals surface area (Å²) in [6.07, 6.45) is 5.49. The molecule has 2 heteroatoms. The fourth-order valence-electron chi connectivity index (χ4n) is 4.38. The summed E-state index contributed by atoms with van der Waals surface area (Å²) in [6.45, 7) is 7.42. The molecule has 0 amide bonds. The van der Waals surface area contributed by atoms with Crippen LogP contribution in [0.5, 0.6) is 0 Å².